The number of rotatable bonds is 8. The topological polar surface area (TPSA) is 71.4 Å². The number of urea groups is 1. The van der Waals surface area contributed by atoms with Gasteiger partial charge < -0.3 is 10.1 Å². The summed E-state index contributed by atoms with van der Waals surface area (Å²) in [6.45, 7) is 3.22. The molecule has 0 spiro atoms. The van der Waals surface area contributed by atoms with Gasteiger partial charge in [0.05, 0.1) is 24.0 Å². The summed E-state index contributed by atoms with van der Waals surface area (Å²) in [7, 11) is 1.73. The fraction of sp³-hybridized carbons (Fsp3) is 0.429. The molecule has 7 heteroatoms. The summed E-state index contributed by atoms with van der Waals surface area (Å²) in [5, 5.41) is 11.3. The van der Waals surface area contributed by atoms with Gasteiger partial charge in [-0.2, -0.15) is 5.10 Å². The number of para-hydroxylation sites is 1. The smallest absolute Gasteiger partial charge is 0.320 e. The van der Waals surface area contributed by atoms with E-state index >= 15 is 0 Å². The van der Waals surface area contributed by atoms with Crippen LogP contribution in [-0.4, -0.2) is 60.1 Å². The molecule has 1 saturated carbocycles. The van der Waals surface area contributed by atoms with Crippen LogP contribution in [-0.2, 0) is 4.74 Å². The van der Waals surface area contributed by atoms with Crippen LogP contribution in [0.4, 0.5) is 10.6 Å². The average molecular weight is 474 g/mol. The van der Waals surface area contributed by atoms with Crippen molar-refractivity contribution in [2.45, 2.75) is 43.6 Å². The molecule has 1 saturated heterocycles. The zero-order valence-electron chi connectivity index (χ0n) is 20.4. The molecule has 0 unspecified atom stereocenters. The van der Waals surface area contributed by atoms with Gasteiger partial charge in [0.15, 0.2) is 0 Å². The minimum atomic E-state index is -0.195. The van der Waals surface area contributed by atoms with E-state index in [4.69, 9.17) is 9.84 Å². The van der Waals surface area contributed by atoms with Crippen molar-refractivity contribution < 1.29 is 9.53 Å². The Morgan fingerprint density at radius 3 is 2.46 bits per heavy atom. The van der Waals surface area contributed by atoms with Crippen LogP contribution < -0.4 is 10.6 Å². The van der Waals surface area contributed by atoms with Gasteiger partial charge in [0.25, 0.3) is 0 Å². The number of hydrogen-bond donors (Lipinski definition) is 2. The highest BCUT2D eigenvalue weighted by Gasteiger charge is 2.34. The molecule has 3 aromatic rings. The van der Waals surface area contributed by atoms with Crippen molar-refractivity contribution in [3.63, 3.8) is 0 Å². The van der Waals surface area contributed by atoms with Gasteiger partial charge >= 0.3 is 6.03 Å². The van der Waals surface area contributed by atoms with Crippen LogP contribution in [0.3, 0.4) is 0 Å². The summed E-state index contributed by atoms with van der Waals surface area (Å²) in [6.07, 6.45) is 4.81. The Bertz CT molecular complexity index is 1100. The Balaban J connectivity index is 1.34. The van der Waals surface area contributed by atoms with Gasteiger partial charge in [0.2, 0.25) is 0 Å². The summed E-state index contributed by atoms with van der Waals surface area (Å²) < 4.78 is 7.15. The number of aromatic nitrogens is 2. The van der Waals surface area contributed by atoms with Gasteiger partial charge in [-0.3, -0.25) is 10.2 Å². The molecule has 2 heterocycles. The van der Waals surface area contributed by atoms with Crippen molar-refractivity contribution in [3.8, 4) is 5.69 Å². The summed E-state index contributed by atoms with van der Waals surface area (Å²) in [5.74, 6) is 1.41. The number of carbonyl (C=O) groups is 1. The number of carbonyl (C=O) groups excluding carboxylic acids is 1. The summed E-state index contributed by atoms with van der Waals surface area (Å²) >= 11 is 0. The lowest BCUT2D eigenvalue weighted by Gasteiger charge is -2.20. The highest BCUT2D eigenvalue weighted by atomic mass is 16.5. The second kappa shape index (κ2) is 11.1. The second-order valence-corrected chi connectivity index (χ2v) is 9.66. The largest absolute Gasteiger partial charge is 0.383 e. The fourth-order valence-electron chi connectivity index (χ4n) is 5.47. The minimum absolute atomic E-state index is 0.0108. The van der Waals surface area contributed by atoms with Gasteiger partial charge in [-0.1, -0.05) is 61.4 Å². The number of benzene rings is 2. The van der Waals surface area contributed by atoms with E-state index in [2.05, 4.69) is 45.9 Å². The van der Waals surface area contributed by atoms with Crippen molar-refractivity contribution in [2.75, 3.05) is 38.7 Å². The molecule has 2 atom stereocenters. The van der Waals surface area contributed by atoms with Crippen molar-refractivity contribution in [3.05, 3.63) is 78.0 Å². The van der Waals surface area contributed by atoms with Crippen LogP contribution >= 0.6 is 0 Å². The molecule has 2 fully saturated rings. The molecule has 1 aliphatic carbocycles. The third-order valence-corrected chi connectivity index (χ3v) is 7.30. The first kappa shape index (κ1) is 23.6. The molecule has 2 N–H and O–H groups in total. The molecule has 35 heavy (non-hydrogen) atoms. The Morgan fingerprint density at radius 1 is 1.03 bits per heavy atom. The third-order valence-electron chi connectivity index (χ3n) is 7.30. The first-order valence-corrected chi connectivity index (χ1v) is 12.7. The first-order chi connectivity index (χ1) is 17.2. The summed E-state index contributed by atoms with van der Waals surface area (Å²) in [5.41, 5.74) is 3.26. The molecule has 2 amide bonds. The van der Waals surface area contributed by atoms with Gasteiger partial charge in [-0.25, -0.2) is 9.48 Å². The molecule has 1 aromatic heterocycles. The maximum absolute atomic E-state index is 13.3. The van der Waals surface area contributed by atoms with E-state index in [1.165, 1.54) is 18.4 Å². The van der Waals surface area contributed by atoms with Crippen LogP contribution in [0.15, 0.2) is 66.7 Å². The minimum Gasteiger partial charge on any atom is -0.383 e. The monoisotopic (exact) mass is 473 g/mol. The van der Waals surface area contributed by atoms with Gasteiger partial charge in [0.1, 0.15) is 5.82 Å². The SMILES string of the molecule is COCCN1C[C@@H](NC(=O)Nc2cc(C3CCCC3)nn2-c2ccccc2)[C@H](c2ccccc2)C1. The fourth-order valence-corrected chi connectivity index (χ4v) is 5.47. The molecular formula is C28H35N5O2. The van der Waals surface area contributed by atoms with Crippen molar-refractivity contribution in [1.29, 1.82) is 0 Å². The standard InChI is InChI=1S/C28H35N5O2/c1-35-17-16-32-19-24(21-10-4-2-5-11-21)26(20-32)29-28(34)30-27-18-25(22-12-8-9-13-22)31-33(27)23-14-6-3-7-15-23/h2-7,10-11,14-15,18,22,24,26H,8-9,12-13,16-17,19-20H2,1H3,(H2,29,30,34)/t24-,26+/m0/s1. The highest BCUT2D eigenvalue weighted by molar-refractivity contribution is 5.89. The normalized spacial score (nSPS) is 20.8. The van der Waals surface area contributed by atoms with Crippen LogP contribution in [0.1, 0.15) is 48.8 Å². The first-order valence-electron chi connectivity index (χ1n) is 12.7. The van der Waals surface area contributed by atoms with E-state index in [0.717, 1.165) is 43.9 Å². The highest BCUT2D eigenvalue weighted by Crippen LogP contribution is 2.35. The number of anilines is 1. The molecule has 0 bridgehead atoms. The zero-order valence-corrected chi connectivity index (χ0v) is 20.4. The second-order valence-electron chi connectivity index (χ2n) is 9.66. The van der Waals surface area contributed by atoms with E-state index in [0.29, 0.717) is 18.3 Å². The number of methoxy groups -OCH3 is 1. The van der Waals surface area contributed by atoms with Crippen LogP contribution in [0, 0.1) is 0 Å². The average Bonchev–Trinajstić information content (AvgIpc) is 3.64. The summed E-state index contributed by atoms with van der Waals surface area (Å²) in [6, 6.07) is 22.3. The lowest BCUT2D eigenvalue weighted by Crippen LogP contribution is -2.42. The number of nitrogens with one attached hydrogen (secondary N) is 2. The Morgan fingerprint density at radius 2 is 1.74 bits per heavy atom. The predicted octanol–water partition coefficient (Wildman–Crippen LogP) is 4.77. The lowest BCUT2D eigenvalue weighted by atomic mass is 9.94. The number of nitrogens with zero attached hydrogens (tertiary/aromatic N) is 3. The van der Waals surface area contributed by atoms with Crippen molar-refractivity contribution in [1.82, 2.24) is 20.0 Å². The van der Waals surface area contributed by atoms with Crippen LogP contribution in [0.2, 0.25) is 0 Å². The predicted molar refractivity (Wildman–Crippen MR) is 138 cm³/mol. The Labute approximate surface area is 207 Å². The maximum atomic E-state index is 13.3. The molecule has 2 aromatic carbocycles. The number of likely N-dealkylation sites (tertiary alicyclic amines) is 1. The molecular weight excluding hydrogens is 438 g/mol. The van der Waals surface area contributed by atoms with Crippen molar-refractivity contribution >= 4 is 11.8 Å². The number of ether oxygens (including phenoxy) is 1. The number of amides is 2. The van der Waals surface area contributed by atoms with Gasteiger partial charge in [-0.05, 0) is 30.5 Å². The molecule has 2 aliphatic rings. The van der Waals surface area contributed by atoms with Crippen LogP contribution in [0.25, 0.3) is 5.69 Å². The maximum Gasteiger partial charge on any atom is 0.320 e. The lowest BCUT2D eigenvalue weighted by molar-refractivity contribution is 0.159. The molecule has 5 rings (SSSR count). The third kappa shape index (κ3) is 5.57. The number of hydrogen-bond acceptors (Lipinski definition) is 4. The Kier molecular flexibility index (Phi) is 7.45. The molecule has 1 aliphatic heterocycles. The van der Waals surface area contributed by atoms with E-state index in [-0.39, 0.29) is 18.0 Å². The van der Waals surface area contributed by atoms with Gasteiger partial charge in [-0.15, -0.1) is 0 Å². The quantitative estimate of drug-likeness (QED) is 0.495. The Hall–Kier alpha value is -3.16. The molecule has 184 valence electrons. The molecule has 7 nitrogen and oxygen atoms in total. The van der Waals surface area contributed by atoms with Crippen LogP contribution in [0.5, 0.6) is 0 Å². The van der Waals surface area contributed by atoms with E-state index in [1.807, 2.05) is 41.1 Å². The van der Waals surface area contributed by atoms with E-state index in [9.17, 15) is 4.79 Å². The molecule has 0 radical (unpaired) electrons. The van der Waals surface area contributed by atoms with E-state index < -0.39 is 0 Å². The van der Waals surface area contributed by atoms with Crippen molar-refractivity contribution in [2.24, 2.45) is 0 Å². The zero-order chi connectivity index (χ0) is 24.0. The van der Waals surface area contributed by atoms with E-state index in [1.54, 1.807) is 7.11 Å². The summed E-state index contributed by atoms with van der Waals surface area (Å²) in [4.78, 5) is 15.6. The van der Waals surface area contributed by atoms with Gasteiger partial charge in [0, 0.05) is 44.6 Å².